The minimum absolute atomic E-state index is 0.237. The van der Waals surface area contributed by atoms with Crippen molar-refractivity contribution >= 4 is 28.8 Å². The van der Waals surface area contributed by atoms with E-state index in [1.54, 1.807) is 19.1 Å². The monoisotopic (exact) mass is 361 g/mol. The van der Waals surface area contributed by atoms with Gasteiger partial charge in [0.1, 0.15) is 11.3 Å². The van der Waals surface area contributed by atoms with E-state index in [0.717, 1.165) is 5.56 Å². The lowest BCUT2D eigenvalue weighted by atomic mass is 10.1. The van der Waals surface area contributed by atoms with Crippen LogP contribution in [-0.4, -0.2) is 30.5 Å². The fraction of sp³-hybridized carbons (Fsp3) is 0.294. The molecular formula is C17H15NO8-2. The lowest BCUT2D eigenvalue weighted by Crippen LogP contribution is -2.49. The number of fused-ring (bicyclic) bond motifs is 1. The van der Waals surface area contributed by atoms with E-state index in [1.165, 1.54) is 12.1 Å². The fourth-order valence-corrected chi connectivity index (χ4v) is 2.29. The molecule has 26 heavy (non-hydrogen) atoms. The third kappa shape index (κ3) is 5.07. The van der Waals surface area contributed by atoms with E-state index in [9.17, 15) is 29.4 Å². The topological polar surface area (TPSA) is 149 Å². The molecule has 1 heterocycles. The molecular weight excluding hydrogens is 346 g/mol. The summed E-state index contributed by atoms with van der Waals surface area (Å²) in [5, 5.41) is 24.1. The van der Waals surface area contributed by atoms with Crippen molar-refractivity contribution in [2.24, 2.45) is 0 Å². The second-order valence-electron chi connectivity index (χ2n) is 5.54. The summed E-state index contributed by atoms with van der Waals surface area (Å²) in [5.41, 5.74) is 0.495. The summed E-state index contributed by atoms with van der Waals surface area (Å²) in [6, 6.07) is 4.53. The molecule has 0 aliphatic heterocycles. The highest BCUT2D eigenvalue weighted by Crippen LogP contribution is 2.22. The van der Waals surface area contributed by atoms with Crippen molar-refractivity contribution in [1.29, 1.82) is 0 Å². The Hall–Kier alpha value is -3.36. The highest BCUT2D eigenvalue weighted by atomic mass is 16.5. The van der Waals surface area contributed by atoms with Gasteiger partial charge in [-0.1, -0.05) is 0 Å². The van der Waals surface area contributed by atoms with Crippen LogP contribution in [0.25, 0.3) is 11.0 Å². The molecule has 0 spiro atoms. The molecule has 0 fully saturated rings. The molecule has 1 atom stereocenters. The van der Waals surface area contributed by atoms with E-state index in [2.05, 4.69) is 5.32 Å². The van der Waals surface area contributed by atoms with E-state index < -0.39 is 42.5 Å². The lowest BCUT2D eigenvalue weighted by molar-refractivity contribution is -0.310. The zero-order chi connectivity index (χ0) is 19.3. The Morgan fingerprint density at radius 2 is 1.96 bits per heavy atom. The first-order chi connectivity index (χ1) is 12.3. The highest BCUT2D eigenvalue weighted by molar-refractivity contribution is 5.84. The van der Waals surface area contributed by atoms with E-state index in [1.807, 2.05) is 0 Å². The van der Waals surface area contributed by atoms with Gasteiger partial charge in [0.15, 0.2) is 6.61 Å². The fourth-order valence-electron chi connectivity index (χ4n) is 2.29. The number of benzene rings is 1. The molecule has 138 valence electrons. The van der Waals surface area contributed by atoms with Gasteiger partial charge < -0.3 is 34.3 Å². The first-order valence-corrected chi connectivity index (χ1v) is 7.63. The van der Waals surface area contributed by atoms with Gasteiger partial charge in [-0.2, -0.15) is 0 Å². The summed E-state index contributed by atoms with van der Waals surface area (Å²) in [4.78, 5) is 44.5. The van der Waals surface area contributed by atoms with E-state index in [-0.39, 0.29) is 17.8 Å². The molecule has 0 aliphatic carbocycles. The molecule has 0 unspecified atom stereocenters. The van der Waals surface area contributed by atoms with Gasteiger partial charge in [0.25, 0.3) is 5.91 Å². The molecule has 0 bridgehead atoms. The van der Waals surface area contributed by atoms with Crippen LogP contribution in [0.2, 0.25) is 0 Å². The Kier molecular flexibility index (Phi) is 5.94. The van der Waals surface area contributed by atoms with Crippen LogP contribution in [0.15, 0.2) is 33.5 Å². The lowest BCUT2D eigenvalue weighted by Gasteiger charge is -2.20. The summed E-state index contributed by atoms with van der Waals surface area (Å²) >= 11 is 0. The molecule has 1 aromatic heterocycles. The smallest absolute Gasteiger partial charge is 0.336 e. The normalized spacial score (nSPS) is 11.7. The number of carboxylic acid groups (broad SMARTS) is 2. The van der Waals surface area contributed by atoms with Crippen LogP contribution in [-0.2, 0) is 14.4 Å². The Balaban J connectivity index is 2.00. The van der Waals surface area contributed by atoms with Gasteiger partial charge in [-0.05, 0) is 37.5 Å². The maximum atomic E-state index is 11.8. The number of rotatable bonds is 8. The van der Waals surface area contributed by atoms with Gasteiger partial charge in [0.2, 0.25) is 0 Å². The third-order valence-electron chi connectivity index (χ3n) is 3.55. The first-order valence-electron chi connectivity index (χ1n) is 7.63. The van der Waals surface area contributed by atoms with E-state index in [4.69, 9.17) is 9.15 Å². The second-order valence-corrected chi connectivity index (χ2v) is 5.54. The maximum absolute atomic E-state index is 11.8. The van der Waals surface area contributed by atoms with Crippen LogP contribution in [0.5, 0.6) is 5.75 Å². The van der Waals surface area contributed by atoms with Crippen molar-refractivity contribution in [3.05, 3.63) is 40.2 Å². The number of carbonyl (C=O) groups excluding carboxylic acids is 3. The number of hydrogen-bond acceptors (Lipinski definition) is 8. The van der Waals surface area contributed by atoms with Crippen LogP contribution >= 0.6 is 0 Å². The van der Waals surface area contributed by atoms with Crippen LogP contribution < -0.4 is 25.9 Å². The number of hydrogen-bond donors (Lipinski definition) is 1. The number of carbonyl (C=O) groups is 3. The summed E-state index contributed by atoms with van der Waals surface area (Å²) < 4.78 is 10.3. The molecule has 0 radical (unpaired) electrons. The Bertz CT molecular complexity index is 901. The van der Waals surface area contributed by atoms with Crippen LogP contribution in [0.1, 0.15) is 18.4 Å². The summed E-state index contributed by atoms with van der Waals surface area (Å²) in [7, 11) is 0. The molecule has 1 amide bonds. The van der Waals surface area contributed by atoms with Crippen LogP contribution in [0.4, 0.5) is 0 Å². The number of aryl methyl sites for hydroxylation is 1. The Labute approximate surface area is 147 Å². The largest absolute Gasteiger partial charge is 0.550 e. The molecule has 0 saturated carbocycles. The van der Waals surface area contributed by atoms with Crippen molar-refractivity contribution in [2.45, 2.75) is 25.8 Å². The number of aliphatic carboxylic acids is 2. The zero-order valence-electron chi connectivity index (χ0n) is 13.8. The maximum Gasteiger partial charge on any atom is 0.336 e. The SMILES string of the molecule is Cc1cc(=O)oc2cc(OCC(=O)N[C@@H](CCC(=O)[O-])C(=O)[O-])ccc12. The van der Waals surface area contributed by atoms with Gasteiger partial charge in [0, 0.05) is 23.5 Å². The molecule has 2 aromatic rings. The van der Waals surface area contributed by atoms with Gasteiger partial charge in [0.05, 0.1) is 12.0 Å². The number of nitrogens with one attached hydrogen (secondary N) is 1. The number of ether oxygens (including phenoxy) is 1. The third-order valence-corrected chi connectivity index (χ3v) is 3.55. The second kappa shape index (κ2) is 8.15. The quantitative estimate of drug-likeness (QED) is 0.544. The minimum atomic E-state index is -1.61. The van der Waals surface area contributed by atoms with Gasteiger partial charge in [-0.25, -0.2) is 4.79 Å². The van der Waals surface area contributed by atoms with Gasteiger partial charge >= 0.3 is 5.63 Å². The van der Waals surface area contributed by atoms with Crippen molar-refractivity contribution in [1.82, 2.24) is 5.32 Å². The first kappa shape index (κ1) is 19.0. The predicted molar refractivity (Wildman–Crippen MR) is 83.9 cm³/mol. The molecule has 1 N–H and O–H groups in total. The van der Waals surface area contributed by atoms with Gasteiger partial charge in [-0.3, -0.25) is 4.79 Å². The predicted octanol–water partition coefficient (Wildman–Crippen LogP) is -1.75. The summed E-state index contributed by atoms with van der Waals surface area (Å²) in [5.74, 6) is -3.58. The molecule has 9 heteroatoms. The Morgan fingerprint density at radius 3 is 2.62 bits per heavy atom. The van der Waals surface area contributed by atoms with Crippen LogP contribution in [0, 0.1) is 6.92 Å². The van der Waals surface area contributed by atoms with Gasteiger partial charge in [-0.15, -0.1) is 0 Å². The van der Waals surface area contributed by atoms with Crippen LogP contribution in [0.3, 0.4) is 0 Å². The van der Waals surface area contributed by atoms with Crippen molar-refractivity contribution in [3.63, 3.8) is 0 Å². The van der Waals surface area contributed by atoms with E-state index in [0.29, 0.717) is 5.39 Å². The van der Waals surface area contributed by atoms with Crippen molar-refractivity contribution in [3.8, 4) is 5.75 Å². The number of carboxylic acids is 2. The molecule has 2 rings (SSSR count). The molecule has 1 aromatic carbocycles. The molecule has 9 nitrogen and oxygen atoms in total. The minimum Gasteiger partial charge on any atom is -0.550 e. The zero-order valence-corrected chi connectivity index (χ0v) is 13.8. The standard InChI is InChI=1S/C17H17NO8/c1-9-6-16(22)26-13-7-10(2-3-11(9)13)25-8-14(19)18-12(17(23)24)4-5-15(20)21/h2-3,6-7,12H,4-5,8H2,1H3,(H,18,19)(H,20,21)(H,23,24)/p-2/t12-/m0/s1. The Morgan fingerprint density at radius 1 is 1.23 bits per heavy atom. The summed E-state index contributed by atoms with van der Waals surface area (Å²) in [6.07, 6.45) is -0.903. The summed E-state index contributed by atoms with van der Waals surface area (Å²) in [6.45, 7) is 1.23. The highest BCUT2D eigenvalue weighted by Gasteiger charge is 2.14. The van der Waals surface area contributed by atoms with Crippen molar-refractivity contribution < 1.29 is 33.8 Å². The molecule has 0 aliphatic rings. The number of amides is 1. The average Bonchev–Trinajstić information content (AvgIpc) is 2.55. The van der Waals surface area contributed by atoms with E-state index >= 15 is 0 Å². The average molecular weight is 361 g/mol. The van der Waals surface area contributed by atoms with Crippen molar-refractivity contribution in [2.75, 3.05) is 6.61 Å². The molecule has 0 saturated heterocycles.